The molecule has 0 atom stereocenters. The number of amides is 1. The van der Waals surface area contributed by atoms with Crippen LogP contribution in [0.15, 0.2) is 36.8 Å². The van der Waals surface area contributed by atoms with Crippen LogP contribution in [0.2, 0.25) is 0 Å². The molecule has 5 rings (SSSR count). The van der Waals surface area contributed by atoms with E-state index in [9.17, 15) is 4.79 Å². The van der Waals surface area contributed by atoms with Gasteiger partial charge in [-0.1, -0.05) is 0 Å². The van der Waals surface area contributed by atoms with E-state index in [1.165, 1.54) is 0 Å². The van der Waals surface area contributed by atoms with Gasteiger partial charge in [0.15, 0.2) is 5.65 Å². The molecule has 11 heteroatoms. The molecule has 1 aliphatic heterocycles. The molecule has 1 aromatic carbocycles. The molecule has 1 amide bonds. The quantitative estimate of drug-likeness (QED) is 0.454. The minimum Gasteiger partial charge on any atom is -0.497 e. The number of ether oxygens (including phenoxy) is 2. The van der Waals surface area contributed by atoms with Crippen LogP contribution in [-0.2, 0) is 18.8 Å². The zero-order valence-electron chi connectivity index (χ0n) is 21.3. The topological polar surface area (TPSA) is 112 Å². The molecule has 36 heavy (non-hydrogen) atoms. The SMILES string of the molecule is COc1ccc(-c2c(-c3nn(C)c4ncnc(N5CC(NC(=O)OC(C)(C)C)C5)c34)cnn2C)cc1. The van der Waals surface area contributed by atoms with E-state index in [-0.39, 0.29) is 6.04 Å². The minimum absolute atomic E-state index is 0.0294. The van der Waals surface area contributed by atoms with E-state index in [4.69, 9.17) is 14.6 Å². The summed E-state index contributed by atoms with van der Waals surface area (Å²) < 4.78 is 14.3. The summed E-state index contributed by atoms with van der Waals surface area (Å²) in [5.74, 6) is 1.56. The van der Waals surface area contributed by atoms with Crippen LogP contribution in [-0.4, -0.2) is 67.5 Å². The van der Waals surface area contributed by atoms with Crippen molar-refractivity contribution in [1.29, 1.82) is 0 Å². The van der Waals surface area contributed by atoms with E-state index >= 15 is 0 Å². The molecular weight excluding hydrogens is 460 g/mol. The fourth-order valence-corrected chi connectivity index (χ4v) is 4.42. The molecule has 0 unspecified atom stereocenters. The number of rotatable bonds is 5. The molecule has 0 bridgehead atoms. The third kappa shape index (κ3) is 4.32. The lowest BCUT2D eigenvalue weighted by Gasteiger charge is -2.40. The number of methoxy groups -OCH3 is 1. The number of fused-ring (bicyclic) bond motifs is 1. The molecule has 4 heterocycles. The molecule has 188 valence electrons. The van der Waals surface area contributed by atoms with Crippen molar-refractivity contribution in [2.45, 2.75) is 32.4 Å². The second-order valence-corrected chi connectivity index (χ2v) is 9.88. The number of nitrogens with one attached hydrogen (secondary N) is 1. The smallest absolute Gasteiger partial charge is 0.407 e. The van der Waals surface area contributed by atoms with Gasteiger partial charge in [0.1, 0.15) is 29.2 Å². The number of aromatic nitrogens is 6. The van der Waals surface area contributed by atoms with Gasteiger partial charge in [-0.3, -0.25) is 4.68 Å². The lowest BCUT2D eigenvalue weighted by molar-refractivity contribution is 0.0496. The average Bonchev–Trinajstić information content (AvgIpc) is 3.34. The number of aryl methyl sites for hydroxylation is 2. The van der Waals surface area contributed by atoms with Gasteiger partial charge in [-0.2, -0.15) is 10.2 Å². The van der Waals surface area contributed by atoms with Gasteiger partial charge >= 0.3 is 6.09 Å². The van der Waals surface area contributed by atoms with E-state index in [0.717, 1.165) is 45.1 Å². The molecule has 1 saturated heterocycles. The van der Waals surface area contributed by atoms with Crippen molar-refractivity contribution < 1.29 is 14.3 Å². The van der Waals surface area contributed by atoms with Crippen LogP contribution in [0.25, 0.3) is 33.5 Å². The molecule has 0 spiro atoms. The summed E-state index contributed by atoms with van der Waals surface area (Å²) in [6.07, 6.45) is 2.95. The van der Waals surface area contributed by atoms with Gasteiger partial charge in [0.05, 0.1) is 30.4 Å². The van der Waals surface area contributed by atoms with E-state index in [0.29, 0.717) is 13.1 Å². The van der Waals surface area contributed by atoms with Crippen molar-refractivity contribution in [3.8, 4) is 28.3 Å². The van der Waals surface area contributed by atoms with Gasteiger partial charge in [0.2, 0.25) is 0 Å². The Labute approximate surface area is 209 Å². The summed E-state index contributed by atoms with van der Waals surface area (Å²) in [6, 6.07) is 7.83. The molecule has 11 nitrogen and oxygen atoms in total. The lowest BCUT2D eigenvalue weighted by atomic mass is 10.0. The van der Waals surface area contributed by atoms with Crippen molar-refractivity contribution in [3.05, 3.63) is 36.8 Å². The summed E-state index contributed by atoms with van der Waals surface area (Å²) in [4.78, 5) is 23.4. The van der Waals surface area contributed by atoms with Gasteiger partial charge in [0, 0.05) is 38.3 Å². The summed E-state index contributed by atoms with van der Waals surface area (Å²) in [5, 5.41) is 13.1. The Morgan fingerprint density at radius 2 is 1.81 bits per heavy atom. The Bertz CT molecular complexity index is 1410. The van der Waals surface area contributed by atoms with Crippen molar-refractivity contribution in [2.75, 3.05) is 25.1 Å². The fourth-order valence-electron chi connectivity index (χ4n) is 4.42. The number of anilines is 1. The maximum Gasteiger partial charge on any atom is 0.407 e. The third-order valence-electron chi connectivity index (χ3n) is 6.06. The molecule has 4 aromatic rings. The summed E-state index contributed by atoms with van der Waals surface area (Å²) >= 11 is 0. The molecule has 1 aliphatic rings. The molecule has 1 fully saturated rings. The Kier molecular flexibility index (Phi) is 5.77. The van der Waals surface area contributed by atoms with Crippen molar-refractivity contribution in [2.24, 2.45) is 14.1 Å². The van der Waals surface area contributed by atoms with Crippen molar-refractivity contribution in [3.63, 3.8) is 0 Å². The molecule has 0 saturated carbocycles. The highest BCUT2D eigenvalue weighted by atomic mass is 16.6. The number of hydrogen-bond donors (Lipinski definition) is 1. The van der Waals surface area contributed by atoms with Gasteiger partial charge in [0.25, 0.3) is 0 Å². The van der Waals surface area contributed by atoms with Gasteiger partial charge in [-0.25, -0.2) is 19.4 Å². The zero-order valence-corrected chi connectivity index (χ0v) is 21.3. The summed E-state index contributed by atoms with van der Waals surface area (Å²) in [6.45, 7) is 6.76. The van der Waals surface area contributed by atoms with Crippen molar-refractivity contribution in [1.82, 2.24) is 34.8 Å². The molecular formula is C25H30N8O3. The van der Waals surface area contributed by atoms with Gasteiger partial charge in [-0.05, 0) is 45.0 Å². The van der Waals surface area contributed by atoms with E-state index in [1.807, 2.05) is 70.0 Å². The highest BCUT2D eigenvalue weighted by Gasteiger charge is 2.33. The highest BCUT2D eigenvalue weighted by molar-refractivity contribution is 6.02. The molecule has 1 N–H and O–H groups in total. The molecule has 3 aromatic heterocycles. The predicted octanol–water partition coefficient (Wildman–Crippen LogP) is 3.15. The maximum atomic E-state index is 12.2. The van der Waals surface area contributed by atoms with Crippen LogP contribution in [0.4, 0.5) is 10.6 Å². The monoisotopic (exact) mass is 490 g/mol. The number of nitrogens with zero attached hydrogens (tertiary/aromatic N) is 7. The van der Waals surface area contributed by atoms with Crippen LogP contribution in [0.1, 0.15) is 20.8 Å². The standard InChI is InChI=1S/C25H30N8O3/c1-25(2,3)36-24(34)29-16-12-33(13-16)23-19-20(30-32(5)22(19)26-14-27-23)18-11-28-31(4)21(18)15-7-9-17(35-6)10-8-15/h7-11,14,16H,12-13H2,1-6H3,(H,29,34). The average molecular weight is 491 g/mol. The summed E-state index contributed by atoms with van der Waals surface area (Å²) in [5.41, 5.74) is 3.75. The van der Waals surface area contributed by atoms with Crippen LogP contribution in [0, 0.1) is 0 Å². The first-order valence-corrected chi connectivity index (χ1v) is 11.7. The predicted molar refractivity (Wildman–Crippen MR) is 136 cm³/mol. The highest BCUT2D eigenvalue weighted by Crippen LogP contribution is 2.39. The second-order valence-electron chi connectivity index (χ2n) is 9.88. The zero-order chi connectivity index (χ0) is 25.6. The third-order valence-corrected chi connectivity index (χ3v) is 6.06. The van der Waals surface area contributed by atoms with Gasteiger partial charge < -0.3 is 19.7 Å². The Morgan fingerprint density at radius 1 is 1.08 bits per heavy atom. The lowest BCUT2D eigenvalue weighted by Crippen LogP contribution is -2.60. The normalized spacial score (nSPS) is 14.1. The number of carbonyl (C=O) groups is 1. The molecule has 0 radical (unpaired) electrons. The van der Waals surface area contributed by atoms with E-state index in [2.05, 4.69) is 25.3 Å². The van der Waals surface area contributed by atoms with Crippen LogP contribution >= 0.6 is 0 Å². The van der Waals surface area contributed by atoms with Gasteiger partial charge in [-0.15, -0.1) is 0 Å². The first-order valence-electron chi connectivity index (χ1n) is 11.7. The largest absolute Gasteiger partial charge is 0.497 e. The van der Waals surface area contributed by atoms with Crippen LogP contribution < -0.4 is 15.0 Å². The molecule has 0 aliphatic carbocycles. The first-order chi connectivity index (χ1) is 17.1. The van der Waals surface area contributed by atoms with E-state index in [1.54, 1.807) is 18.1 Å². The van der Waals surface area contributed by atoms with Crippen LogP contribution in [0.5, 0.6) is 5.75 Å². The Balaban J connectivity index is 1.48. The second kappa shape index (κ2) is 8.81. The first kappa shape index (κ1) is 23.6. The number of hydrogen-bond acceptors (Lipinski definition) is 8. The number of carbonyl (C=O) groups excluding carboxylic acids is 1. The minimum atomic E-state index is -0.539. The Hall–Kier alpha value is -4.15. The van der Waals surface area contributed by atoms with Crippen molar-refractivity contribution >= 4 is 22.9 Å². The van der Waals surface area contributed by atoms with Crippen LogP contribution in [0.3, 0.4) is 0 Å². The Morgan fingerprint density at radius 3 is 2.47 bits per heavy atom. The number of benzene rings is 1. The summed E-state index contributed by atoms with van der Waals surface area (Å²) in [7, 11) is 5.43. The fraction of sp³-hybridized carbons (Fsp3) is 0.400. The maximum absolute atomic E-state index is 12.2. The van der Waals surface area contributed by atoms with E-state index < -0.39 is 11.7 Å². The number of alkyl carbamates (subject to hydrolysis) is 1.